The van der Waals surface area contributed by atoms with Crippen LogP contribution in [-0.2, 0) is 6.54 Å². The van der Waals surface area contributed by atoms with Gasteiger partial charge in [0.1, 0.15) is 0 Å². The highest BCUT2D eigenvalue weighted by atomic mass is 16.2. The highest BCUT2D eigenvalue weighted by Gasteiger charge is 2.25. The molecule has 2 aromatic rings. The lowest BCUT2D eigenvalue weighted by molar-refractivity contribution is 0.0767. The number of hydrogen-bond acceptors (Lipinski definition) is 4. The van der Waals surface area contributed by atoms with Crippen molar-refractivity contribution in [1.82, 2.24) is 25.2 Å². The van der Waals surface area contributed by atoms with Crippen molar-refractivity contribution in [3.8, 4) is 0 Å². The number of aromatic amines is 1. The van der Waals surface area contributed by atoms with Crippen LogP contribution in [0.5, 0.6) is 0 Å². The number of amides is 1. The number of hydrogen-bond donors (Lipinski definition) is 1. The minimum atomic E-state index is -0.0738. The Morgan fingerprint density at radius 3 is 2.95 bits per heavy atom. The van der Waals surface area contributed by atoms with Gasteiger partial charge in [-0.2, -0.15) is 15.4 Å². The van der Waals surface area contributed by atoms with Gasteiger partial charge in [0.2, 0.25) is 0 Å². The van der Waals surface area contributed by atoms with Crippen molar-refractivity contribution >= 4 is 5.91 Å². The van der Waals surface area contributed by atoms with Crippen molar-refractivity contribution in [2.45, 2.75) is 13.0 Å². The van der Waals surface area contributed by atoms with Crippen molar-refractivity contribution in [2.75, 3.05) is 26.7 Å². The fraction of sp³-hybridized carbons (Fsp3) is 0.438. The molecule has 1 N–H and O–H groups in total. The topological polar surface area (TPSA) is 65.1 Å². The predicted molar refractivity (Wildman–Crippen MR) is 83.2 cm³/mol. The van der Waals surface area contributed by atoms with Gasteiger partial charge in [0, 0.05) is 26.7 Å². The molecule has 0 bridgehead atoms. The average Bonchev–Trinajstić information content (AvgIpc) is 3.19. The second-order valence-electron chi connectivity index (χ2n) is 5.92. The summed E-state index contributed by atoms with van der Waals surface area (Å²) < 4.78 is 0. The lowest BCUT2D eigenvalue weighted by atomic mass is 10.1. The van der Waals surface area contributed by atoms with E-state index < -0.39 is 0 Å². The molecule has 1 atom stereocenters. The summed E-state index contributed by atoms with van der Waals surface area (Å²) >= 11 is 0. The van der Waals surface area contributed by atoms with Crippen LogP contribution in [0.4, 0.5) is 0 Å². The number of rotatable bonds is 5. The summed E-state index contributed by atoms with van der Waals surface area (Å²) in [7, 11) is 1.83. The second-order valence-corrected chi connectivity index (χ2v) is 5.92. The first kappa shape index (κ1) is 14.7. The fourth-order valence-electron chi connectivity index (χ4n) is 3.02. The van der Waals surface area contributed by atoms with Crippen molar-refractivity contribution in [2.24, 2.45) is 5.92 Å². The smallest absolute Gasteiger partial charge is 0.275 e. The van der Waals surface area contributed by atoms with Gasteiger partial charge < -0.3 is 4.90 Å². The van der Waals surface area contributed by atoms with E-state index >= 15 is 0 Å². The Balaban J connectivity index is 1.49. The Hall–Kier alpha value is -2.21. The molecule has 1 aliphatic heterocycles. The monoisotopic (exact) mass is 299 g/mol. The summed E-state index contributed by atoms with van der Waals surface area (Å²) in [5.41, 5.74) is 1.72. The van der Waals surface area contributed by atoms with Crippen molar-refractivity contribution in [3.05, 3.63) is 47.8 Å². The number of likely N-dealkylation sites (tertiary alicyclic amines) is 1. The lowest BCUT2D eigenvalue weighted by Gasteiger charge is -2.21. The molecule has 1 fully saturated rings. The van der Waals surface area contributed by atoms with E-state index in [1.54, 1.807) is 4.90 Å². The molecule has 0 radical (unpaired) electrons. The van der Waals surface area contributed by atoms with Gasteiger partial charge in [-0.15, -0.1) is 0 Å². The summed E-state index contributed by atoms with van der Waals surface area (Å²) in [6, 6.07) is 10.5. The van der Waals surface area contributed by atoms with Crippen LogP contribution in [0, 0.1) is 5.92 Å². The Morgan fingerprint density at radius 1 is 1.41 bits per heavy atom. The largest absolute Gasteiger partial charge is 0.340 e. The number of carbonyl (C=O) groups excluding carboxylic acids is 1. The number of carbonyl (C=O) groups is 1. The summed E-state index contributed by atoms with van der Waals surface area (Å²) in [4.78, 5) is 16.4. The summed E-state index contributed by atoms with van der Waals surface area (Å²) in [6.45, 7) is 3.87. The van der Waals surface area contributed by atoms with Gasteiger partial charge in [-0.05, 0) is 24.4 Å². The van der Waals surface area contributed by atoms with Gasteiger partial charge >= 0.3 is 0 Å². The maximum Gasteiger partial charge on any atom is 0.275 e. The third-order valence-electron chi connectivity index (χ3n) is 4.13. The molecule has 6 heteroatoms. The third kappa shape index (κ3) is 3.51. The van der Waals surface area contributed by atoms with Crippen molar-refractivity contribution < 1.29 is 4.79 Å². The van der Waals surface area contributed by atoms with Gasteiger partial charge in [0.15, 0.2) is 5.69 Å². The minimum Gasteiger partial charge on any atom is -0.340 e. The predicted octanol–water partition coefficient (Wildman–Crippen LogP) is 1.40. The van der Waals surface area contributed by atoms with E-state index in [0.29, 0.717) is 11.6 Å². The molecule has 0 spiro atoms. The molecule has 1 aromatic carbocycles. The quantitative estimate of drug-likeness (QED) is 0.906. The van der Waals surface area contributed by atoms with Crippen LogP contribution in [0.3, 0.4) is 0 Å². The molecular weight excluding hydrogens is 278 g/mol. The molecule has 2 heterocycles. The Bertz CT molecular complexity index is 598. The number of aromatic nitrogens is 3. The van der Waals surface area contributed by atoms with Crippen LogP contribution < -0.4 is 0 Å². The maximum atomic E-state index is 12.2. The third-order valence-corrected chi connectivity index (χ3v) is 4.13. The fourth-order valence-corrected chi connectivity index (χ4v) is 3.02. The van der Waals surface area contributed by atoms with E-state index in [1.807, 2.05) is 13.1 Å². The Morgan fingerprint density at radius 2 is 2.23 bits per heavy atom. The van der Waals surface area contributed by atoms with E-state index in [2.05, 4.69) is 44.6 Å². The molecule has 0 saturated carbocycles. The van der Waals surface area contributed by atoms with Crippen LogP contribution in [0.15, 0.2) is 36.5 Å². The zero-order valence-electron chi connectivity index (χ0n) is 12.8. The molecule has 0 unspecified atom stereocenters. The molecule has 1 aliphatic rings. The van der Waals surface area contributed by atoms with Crippen LogP contribution in [-0.4, -0.2) is 57.8 Å². The van der Waals surface area contributed by atoms with Crippen LogP contribution in [0.1, 0.15) is 22.5 Å². The number of nitrogens with one attached hydrogen (secondary N) is 1. The maximum absolute atomic E-state index is 12.2. The van der Waals surface area contributed by atoms with Crippen LogP contribution in [0.25, 0.3) is 0 Å². The summed E-state index contributed by atoms with van der Waals surface area (Å²) in [5, 5.41) is 10.0. The highest BCUT2D eigenvalue weighted by Crippen LogP contribution is 2.19. The molecule has 1 aromatic heterocycles. The average molecular weight is 299 g/mol. The first-order chi connectivity index (χ1) is 10.7. The first-order valence-corrected chi connectivity index (χ1v) is 7.60. The molecule has 116 valence electrons. The summed E-state index contributed by atoms with van der Waals surface area (Å²) in [5.74, 6) is 0.444. The van der Waals surface area contributed by atoms with E-state index in [-0.39, 0.29) is 5.91 Å². The molecule has 3 rings (SSSR count). The zero-order valence-corrected chi connectivity index (χ0v) is 12.8. The molecule has 22 heavy (non-hydrogen) atoms. The van der Waals surface area contributed by atoms with E-state index in [9.17, 15) is 4.79 Å². The van der Waals surface area contributed by atoms with Crippen LogP contribution in [0.2, 0.25) is 0 Å². The van der Waals surface area contributed by atoms with Gasteiger partial charge in [0.05, 0.1) is 6.20 Å². The molecule has 6 nitrogen and oxygen atoms in total. The highest BCUT2D eigenvalue weighted by molar-refractivity contribution is 5.91. The van der Waals surface area contributed by atoms with E-state index in [1.165, 1.54) is 11.8 Å². The van der Waals surface area contributed by atoms with E-state index in [4.69, 9.17) is 0 Å². The minimum absolute atomic E-state index is 0.0738. The molecule has 0 aliphatic carbocycles. The van der Waals surface area contributed by atoms with E-state index in [0.717, 1.165) is 32.6 Å². The molecule has 1 saturated heterocycles. The van der Waals surface area contributed by atoms with Gasteiger partial charge in [0.25, 0.3) is 5.91 Å². The number of nitrogens with zero attached hydrogens (tertiary/aromatic N) is 4. The molecule has 1 amide bonds. The first-order valence-electron chi connectivity index (χ1n) is 7.60. The van der Waals surface area contributed by atoms with Crippen molar-refractivity contribution in [1.29, 1.82) is 0 Å². The zero-order chi connectivity index (χ0) is 15.4. The van der Waals surface area contributed by atoms with Gasteiger partial charge in [-0.1, -0.05) is 30.3 Å². The second kappa shape index (κ2) is 6.70. The number of benzene rings is 1. The number of H-pyrrole nitrogens is 1. The Labute approximate surface area is 130 Å². The van der Waals surface area contributed by atoms with Crippen LogP contribution >= 0.6 is 0 Å². The molecular formula is C16H21N5O. The SMILES string of the molecule is CN(C[C@@H]1CCN(Cc2ccccc2)C1)C(=O)c1cn[nH]n1. The lowest BCUT2D eigenvalue weighted by Crippen LogP contribution is -2.33. The summed E-state index contributed by atoms with van der Waals surface area (Å²) in [6.07, 6.45) is 2.60. The van der Waals surface area contributed by atoms with Gasteiger partial charge in [-0.3, -0.25) is 9.69 Å². The Kier molecular flexibility index (Phi) is 4.48. The van der Waals surface area contributed by atoms with Crippen molar-refractivity contribution in [3.63, 3.8) is 0 Å². The van der Waals surface area contributed by atoms with Gasteiger partial charge in [-0.25, -0.2) is 0 Å². The normalized spacial score (nSPS) is 18.5. The standard InChI is InChI=1S/C16H21N5O/c1-20(16(22)15-9-17-19-18-15)10-14-7-8-21(12-14)11-13-5-3-2-4-6-13/h2-6,9,14H,7-8,10-12H2,1H3,(H,17,18,19)/t14-/m0/s1.